The van der Waals surface area contributed by atoms with Crippen LogP contribution in [0, 0.1) is 12.7 Å². The van der Waals surface area contributed by atoms with Gasteiger partial charge >= 0.3 is 6.01 Å². The van der Waals surface area contributed by atoms with Crippen LogP contribution in [0.3, 0.4) is 0 Å². The lowest BCUT2D eigenvalue weighted by Gasteiger charge is -2.42. The predicted molar refractivity (Wildman–Crippen MR) is 129 cm³/mol. The zero-order chi connectivity index (χ0) is 24.4. The first-order valence-electron chi connectivity index (χ1n) is 12.5. The highest BCUT2D eigenvalue weighted by Crippen LogP contribution is 2.46. The molecule has 1 aromatic heterocycles. The average molecular weight is 484 g/mol. The summed E-state index contributed by atoms with van der Waals surface area (Å²) >= 11 is 0. The zero-order valence-corrected chi connectivity index (χ0v) is 20.1. The van der Waals surface area contributed by atoms with E-state index in [4.69, 9.17) is 9.72 Å². The van der Waals surface area contributed by atoms with Crippen molar-refractivity contribution in [1.29, 1.82) is 0 Å². The maximum absolute atomic E-state index is 14.6. The summed E-state index contributed by atoms with van der Waals surface area (Å²) in [6, 6.07) is 3.45. The number of ether oxygens (including phenoxy) is 1. The fraction of sp³-hybridized carbons (Fsp3) is 0.577. The number of nitrogens with zero attached hydrogens (tertiary/aromatic N) is 5. The largest absolute Gasteiger partial charge is 0.461 e. The molecule has 1 amide bonds. The van der Waals surface area contributed by atoms with E-state index in [-0.39, 0.29) is 28.8 Å². The van der Waals surface area contributed by atoms with Crippen LogP contribution in [0.25, 0.3) is 10.9 Å². The molecule has 0 bridgehead atoms. The lowest BCUT2D eigenvalue weighted by Crippen LogP contribution is -2.57. The number of alkyl halides is 1. The number of piperazine rings is 1. The molecule has 0 N–H and O–H groups in total. The second kappa shape index (κ2) is 8.11. The number of rotatable bonds is 5. The highest BCUT2D eigenvalue weighted by Gasteiger charge is 2.53. The summed E-state index contributed by atoms with van der Waals surface area (Å²) in [6.45, 7) is 8.79. The first-order valence-corrected chi connectivity index (χ1v) is 12.5. The van der Waals surface area contributed by atoms with E-state index >= 15 is 0 Å². The maximum atomic E-state index is 14.6. The highest BCUT2D eigenvalue weighted by atomic mass is 19.1. The number of hydrogen-bond donors (Lipinski definition) is 0. The third-order valence-corrected chi connectivity index (χ3v) is 8.38. The minimum atomic E-state index is -0.832. The van der Waals surface area contributed by atoms with Crippen molar-refractivity contribution in [3.8, 4) is 6.01 Å². The lowest BCUT2D eigenvalue weighted by molar-refractivity contribution is -0.129. The van der Waals surface area contributed by atoms with Crippen molar-refractivity contribution >= 4 is 22.6 Å². The van der Waals surface area contributed by atoms with Gasteiger partial charge in [0.2, 0.25) is 5.91 Å². The van der Waals surface area contributed by atoms with Crippen LogP contribution in [-0.4, -0.2) is 82.3 Å². The number of anilines is 1. The molecule has 1 aromatic carbocycles. The molecule has 4 aliphatic rings. The summed E-state index contributed by atoms with van der Waals surface area (Å²) in [7, 11) is 0. The van der Waals surface area contributed by atoms with Gasteiger partial charge < -0.3 is 14.5 Å². The Bertz CT molecular complexity index is 1200. The van der Waals surface area contributed by atoms with E-state index in [1.807, 2.05) is 4.90 Å². The van der Waals surface area contributed by atoms with Gasteiger partial charge in [-0.3, -0.25) is 9.69 Å². The second-order valence-corrected chi connectivity index (χ2v) is 10.7. The van der Waals surface area contributed by atoms with E-state index in [2.05, 4.69) is 21.4 Å². The second-order valence-electron chi connectivity index (χ2n) is 10.7. The summed E-state index contributed by atoms with van der Waals surface area (Å²) in [6.07, 6.45) is 4.80. The Morgan fingerprint density at radius 2 is 2.09 bits per heavy atom. The van der Waals surface area contributed by atoms with Gasteiger partial charge in [-0.1, -0.05) is 6.58 Å². The van der Waals surface area contributed by atoms with E-state index in [0.717, 1.165) is 32.2 Å². The fourth-order valence-corrected chi connectivity index (χ4v) is 6.35. The molecule has 1 spiro atoms. The van der Waals surface area contributed by atoms with Crippen LogP contribution in [0.1, 0.15) is 37.7 Å². The fourth-order valence-electron chi connectivity index (χ4n) is 6.35. The van der Waals surface area contributed by atoms with Crippen molar-refractivity contribution in [3.05, 3.63) is 36.2 Å². The number of aromatic nitrogens is 2. The lowest BCUT2D eigenvalue weighted by atomic mass is 9.95. The molecular formula is C26H31F2N5O2. The Kier molecular flexibility index (Phi) is 5.25. The predicted octanol–water partition coefficient (Wildman–Crippen LogP) is 3.40. The van der Waals surface area contributed by atoms with E-state index < -0.39 is 6.17 Å². The molecule has 3 saturated heterocycles. The van der Waals surface area contributed by atoms with Crippen molar-refractivity contribution in [2.45, 2.75) is 56.3 Å². The molecule has 2 aromatic rings. The van der Waals surface area contributed by atoms with E-state index in [1.54, 1.807) is 13.0 Å². The Labute approximate surface area is 203 Å². The number of carbonyl (C=O) groups excluding carboxylic acids is 1. The Hall–Kier alpha value is -2.81. The Morgan fingerprint density at radius 1 is 1.26 bits per heavy atom. The van der Waals surface area contributed by atoms with Crippen LogP contribution >= 0.6 is 0 Å². The van der Waals surface area contributed by atoms with Crippen molar-refractivity contribution in [3.63, 3.8) is 0 Å². The summed E-state index contributed by atoms with van der Waals surface area (Å²) < 4.78 is 35.0. The number of aryl methyl sites for hydroxylation is 1. The molecule has 4 fully saturated rings. The van der Waals surface area contributed by atoms with Crippen molar-refractivity contribution in [2.24, 2.45) is 0 Å². The van der Waals surface area contributed by atoms with Gasteiger partial charge in [0.25, 0.3) is 0 Å². The molecule has 9 heteroatoms. The smallest absolute Gasteiger partial charge is 0.319 e. The minimum absolute atomic E-state index is 0.0523. The van der Waals surface area contributed by atoms with Gasteiger partial charge in [-0.15, -0.1) is 0 Å². The summed E-state index contributed by atoms with van der Waals surface area (Å²) in [5, 5.41) is 0.630. The molecule has 0 unspecified atom stereocenters. The van der Waals surface area contributed by atoms with Crippen LogP contribution < -0.4 is 9.64 Å². The van der Waals surface area contributed by atoms with Gasteiger partial charge in [0.05, 0.1) is 16.6 Å². The van der Waals surface area contributed by atoms with E-state index in [1.165, 1.54) is 12.1 Å². The van der Waals surface area contributed by atoms with Crippen LogP contribution in [0.5, 0.6) is 6.01 Å². The molecule has 3 aliphatic heterocycles. The Morgan fingerprint density at radius 3 is 2.86 bits per heavy atom. The number of benzene rings is 1. The first kappa shape index (κ1) is 22.6. The highest BCUT2D eigenvalue weighted by molar-refractivity contribution is 5.91. The molecule has 2 atom stereocenters. The van der Waals surface area contributed by atoms with E-state index in [9.17, 15) is 13.6 Å². The molecule has 35 heavy (non-hydrogen) atoms. The minimum Gasteiger partial charge on any atom is -0.461 e. The average Bonchev–Trinajstić information content (AvgIpc) is 3.37. The quantitative estimate of drug-likeness (QED) is 0.608. The maximum Gasteiger partial charge on any atom is 0.319 e. The zero-order valence-electron chi connectivity index (χ0n) is 20.1. The van der Waals surface area contributed by atoms with Gasteiger partial charge in [0.1, 0.15) is 24.4 Å². The van der Waals surface area contributed by atoms with Crippen molar-refractivity contribution < 1.29 is 18.3 Å². The van der Waals surface area contributed by atoms with E-state index in [0.29, 0.717) is 61.5 Å². The monoisotopic (exact) mass is 483 g/mol. The molecule has 0 radical (unpaired) electrons. The number of hydrogen-bond acceptors (Lipinski definition) is 6. The molecule has 7 nitrogen and oxygen atoms in total. The molecule has 1 saturated carbocycles. The number of carbonyl (C=O) groups is 1. The normalized spacial score (nSPS) is 27.5. The Balaban J connectivity index is 1.33. The van der Waals surface area contributed by atoms with Gasteiger partial charge in [-0.2, -0.15) is 9.97 Å². The van der Waals surface area contributed by atoms with Crippen LogP contribution in [0.2, 0.25) is 0 Å². The first-order chi connectivity index (χ1) is 16.8. The third-order valence-electron chi connectivity index (χ3n) is 8.38. The van der Waals surface area contributed by atoms with Gasteiger partial charge in [0, 0.05) is 38.0 Å². The summed E-state index contributed by atoms with van der Waals surface area (Å²) in [4.78, 5) is 28.0. The van der Waals surface area contributed by atoms with Crippen LogP contribution in [0.4, 0.5) is 14.6 Å². The van der Waals surface area contributed by atoms with Gasteiger partial charge in [-0.25, -0.2) is 8.78 Å². The third kappa shape index (κ3) is 3.75. The van der Waals surface area contributed by atoms with Gasteiger partial charge in [-0.05, 0) is 62.9 Å². The standard InChI is InChI=1S/C26H31F2N5O2/c1-3-22(34)33-10-9-31(15-25(33)6-7-25)23-19-12-20(28)17(2)11-21(19)29-24(30-23)35-16-26-5-4-8-32(26)14-18(27)13-26/h3,11-12,18H,1,4-10,13-16H2,2H3/t18-,26+/m1/s1. The number of fused-ring (bicyclic) bond motifs is 2. The van der Waals surface area contributed by atoms with Crippen molar-refractivity contribution in [2.75, 3.05) is 44.2 Å². The number of amides is 1. The summed E-state index contributed by atoms with van der Waals surface area (Å²) in [5.74, 6) is 0.262. The van der Waals surface area contributed by atoms with Crippen LogP contribution in [0.15, 0.2) is 24.8 Å². The summed E-state index contributed by atoms with van der Waals surface area (Å²) in [5.41, 5.74) is 0.596. The van der Waals surface area contributed by atoms with Crippen LogP contribution in [-0.2, 0) is 4.79 Å². The number of halogens is 2. The topological polar surface area (TPSA) is 61.8 Å². The molecule has 186 valence electrons. The molecular weight excluding hydrogens is 452 g/mol. The molecule has 1 aliphatic carbocycles. The molecule has 6 rings (SSSR count). The SMILES string of the molecule is C=CC(=O)N1CCN(c2nc(OC[C@@]34CCCN3C[C@H](F)C4)nc3cc(C)c(F)cc23)CC12CC2. The van der Waals surface area contributed by atoms with Gasteiger partial charge in [0.15, 0.2) is 0 Å². The van der Waals surface area contributed by atoms with Crippen molar-refractivity contribution in [1.82, 2.24) is 19.8 Å². The molecule has 4 heterocycles.